The Kier molecular flexibility index (Phi) is 17.6. The third-order valence-electron chi connectivity index (χ3n) is 11.1. The molecule has 6 aromatic carbocycles. The SMILES string of the molecule is COc1cc(F)c(-c2c(OC)nnc(C)c2-c2ccc(Cl)cc2)c(F)c1.COc1nnc(C)c(-c2ccc(Cl)cc2)c1-c1c(F)cc(F)cc1F.Cc1nnc(Cl)c(-c2c(F)cc(F)cc2F)c1-c1ccc(Cl)cc1. The van der Waals surface area contributed by atoms with Gasteiger partial charge in [-0.15, -0.1) is 15.3 Å². The Labute approximate surface area is 443 Å². The van der Waals surface area contributed by atoms with Crippen molar-refractivity contribution in [2.45, 2.75) is 20.8 Å². The largest absolute Gasteiger partial charge is 0.497 e. The Bertz CT molecular complexity index is 3510. The van der Waals surface area contributed by atoms with Crippen LogP contribution in [0.1, 0.15) is 17.1 Å². The summed E-state index contributed by atoms with van der Waals surface area (Å²) in [5.41, 5.74) is 3.70. The van der Waals surface area contributed by atoms with E-state index in [-0.39, 0.29) is 44.9 Å². The van der Waals surface area contributed by atoms with Gasteiger partial charge in [0, 0.05) is 73.7 Å². The molecule has 0 fully saturated rings. The van der Waals surface area contributed by atoms with Gasteiger partial charge in [-0.05, 0) is 73.9 Å². The number of aromatic nitrogens is 6. The number of ether oxygens (including phenoxy) is 3. The molecule has 3 aromatic heterocycles. The van der Waals surface area contributed by atoms with Gasteiger partial charge in [-0.1, -0.05) is 82.8 Å². The van der Waals surface area contributed by atoms with E-state index >= 15 is 0 Å². The molecule has 0 amide bonds. The first-order chi connectivity index (χ1) is 35.8. The smallest absolute Gasteiger partial charge is 0.241 e. The number of aryl methyl sites for hydroxylation is 3. The number of benzene rings is 6. The first-order valence-corrected chi connectivity index (χ1v) is 23.2. The highest BCUT2D eigenvalue weighted by Crippen LogP contribution is 2.45. The van der Waals surface area contributed by atoms with Gasteiger partial charge in [0.1, 0.15) is 52.3 Å². The van der Waals surface area contributed by atoms with E-state index in [1.165, 1.54) is 21.3 Å². The lowest BCUT2D eigenvalue weighted by atomic mass is 9.93. The standard InChI is InChI=1S/C19H15ClF2N2O2.C18H12ClF3N2O.C17H9Cl2F3N2/c1-10-16(11-4-6-12(20)7-5-11)18(19(26-3)24-23-10)17-14(21)8-13(25-2)9-15(17)22;1-9-15(10-3-5-11(19)6-4-10)17(18(25-2)24-23-9)16-13(21)7-12(20)8-14(16)22;1-8-14(9-2-4-10(18)5-3-9)16(17(19)24-23-8)15-12(21)6-11(20)7-13(15)22/h4-9H,1-3H3;3-8H,1-2H3;2-7H,1H3. The van der Waals surface area contributed by atoms with Crippen molar-refractivity contribution in [2.75, 3.05) is 21.3 Å². The van der Waals surface area contributed by atoms with Crippen molar-refractivity contribution in [3.8, 4) is 84.3 Å². The molecule has 0 radical (unpaired) electrons. The normalized spacial score (nSPS) is 10.8. The summed E-state index contributed by atoms with van der Waals surface area (Å²) in [4.78, 5) is 0. The van der Waals surface area contributed by atoms with Gasteiger partial charge in [-0.25, -0.2) is 35.1 Å². The topological polar surface area (TPSA) is 105 Å². The summed E-state index contributed by atoms with van der Waals surface area (Å²) in [6.45, 7) is 4.99. The van der Waals surface area contributed by atoms with Crippen LogP contribution in [-0.4, -0.2) is 51.9 Å². The molecule has 21 heteroatoms. The molecule has 0 aliphatic heterocycles. The van der Waals surface area contributed by atoms with Crippen molar-refractivity contribution in [1.82, 2.24) is 30.6 Å². The van der Waals surface area contributed by atoms with Crippen LogP contribution in [0.25, 0.3) is 66.8 Å². The van der Waals surface area contributed by atoms with Crippen LogP contribution in [-0.2, 0) is 0 Å². The quantitative estimate of drug-likeness (QED) is 0.131. The molecule has 0 bridgehead atoms. The summed E-state index contributed by atoms with van der Waals surface area (Å²) >= 11 is 23.8. The van der Waals surface area contributed by atoms with Gasteiger partial charge in [0.05, 0.1) is 66.2 Å². The van der Waals surface area contributed by atoms with Crippen molar-refractivity contribution >= 4 is 46.4 Å². The van der Waals surface area contributed by atoms with Crippen molar-refractivity contribution in [1.29, 1.82) is 0 Å². The second-order valence-electron chi connectivity index (χ2n) is 15.9. The summed E-state index contributed by atoms with van der Waals surface area (Å²) in [5.74, 6) is -7.84. The highest BCUT2D eigenvalue weighted by atomic mass is 35.5. The van der Waals surface area contributed by atoms with Crippen molar-refractivity contribution in [3.63, 3.8) is 0 Å². The van der Waals surface area contributed by atoms with Gasteiger partial charge in [0.2, 0.25) is 11.8 Å². The fourth-order valence-corrected chi connectivity index (χ4v) is 8.48. The van der Waals surface area contributed by atoms with E-state index in [1.807, 2.05) is 0 Å². The molecular formula is C54H36Cl4F8N6O3. The minimum atomic E-state index is -1.07. The Morgan fingerprint density at radius 1 is 0.320 bits per heavy atom. The third kappa shape index (κ3) is 12.1. The zero-order valence-electron chi connectivity index (χ0n) is 39.8. The molecule has 0 unspecified atom stereocenters. The average Bonchev–Trinajstić information content (AvgIpc) is 3.36. The molecule has 0 saturated carbocycles. The molecule has 0 saturated heterocycles. The Balaban J connectivity index is 0.000000164. The van der Waals surface area contributed by atoms with E-state index in [9.17, 15) is 35.1 Å². The number of methoxy groups -OCH3 is 3. The van der Waals surface area contributed by atoms with Gasteiger partial charge in [-0.3, -0.25) is 0 Å². The lowest BCUT2D eigenvalue weighted by molar-refractivity contribution is 0.392. The minimum absolute atomic E-state index is 0.0153. The van der Waals surface area contributed by atoms with E-state index in [2.05, 4.69) is 30.6 Å². The monoisotopic (exact) mass is 1110 g/mol. The molecule has 9 nitrogen and oxygen atoms in total. The summed E-state index contributed by atoms with van der Waals surface area (Å²) in [6, 6.07) is 24.8. The van der Waals surface area contributed by atoms with Crippen LogP contribution in [0.15, 0.2) is 109 Å². The number of hydrogen-bond donors (Lipinski definition) is 0. The maximum Gasteiger partial charge on any atom is 0.241 e. The van der Waals surface area contributed by atoms with Gasteiger partial charge in [-0.2, -0.15) is 15.3 Å². The Morgan fingerprint density at radius 3 is 0.907 bits per heavy atom. The molecular weight excluding hydrogens is 1070 g/mol. The highest BCUT2D eigenvalue weighted by molar-refractivity contribution is 6.33. The van der Waals surface area contributed by atoms with Gasteiger partial charge < -0.3 is 14.2 Å². The molecule has 3 heterocycles. The fraction of sp³-hybridized carbons (Fsp3) is 0.111. The fourth-order valence-electron chi connectivity index (χ4n) is 7.88. The minimum Gasteiger partial charge on any atom is -0.497 e. The molecule has 9 aromatic rings. The first-order valence-electron chi connectivity index (χ1n) is 21.7. The zero-order chi connectivity index (χ0) is 54.4. The van der Waals surface area contributed by atoms with Crippen molar-refractivity contribution in [3.05, 3.63) is 193 Å². The second kappa shape index (κ2) is 23.8. The molecule has 0 aliphatic carbocycles. The van der Waals surface area contributed by atoms with E-state index in [0.717, 1.165) is 12.1 Å². The summed E-state index contributed by atoms with van der Waals surface area (Å²) in [7, 11) is 4.02. The number of hydrogen-bond acceptors (Lipinski definition) is 9. The Morgan fingerprint density at radius 2 is 0.600 bits per heavy atom. The zero-order valence-corrected chi connectivity index (χ0v) is 42.9. The molecule has 0 aliphatic rings. The Hall–Kier alpha value is -7.44. The molecule has 0 atom stereocenters. The van der Waals surface area contributed by atoms with E-state index in [0.29, 0.717) is 89.8 Å². The van der Waals surface area contributed by atoms with Crippen molar-refractivity contribution in [2.24, 2.45) is 0 Å². The van der Waals surface area contributed by atoms with Crippen molar-refractivity contribution < 1.29 is 49.3 Å². The third-order valence-corrected chi connectivity index (χ3v) is 12.2. The first kappa shape index (κ1) is 55.3. The van der Waals surface area contributed by atoms with E-state index in [1.54, 1.807) is 93.6 Å². The van der Waals surface area contributed by atoms with Gasteiger partial charge in [0.25, 0.3) is 0 Å². The average molecular weight is 1110 g/mol. The molecule has 75 heavy (non-hydrogen) atoms. The molecule has 0 N–H and O–H groups in total. The van der Waals surface area contributed by atoms with Gasteiger partial charge in [0.15, 0.2) is 5.15 Å². The number of nitrogens with zero attached hydrogens (tertiary/aromatic N) is 6. The van der Waals surface area contributed by atoms with Crippen LogP contribution >= 0.6 is 46.4 Å². The van der Waals surface area contributed by atoms with E-state index < -0.39 is 57.7 Å². The molecule has 9 rings (SSSR count). The van der Waals surface area contributed by atoms with E-state index in [4.69, 9.17) is 60.6 Å². The van der Waals surface area contributed by atoms with Crippen LogP contribution in [0.5, 0.6) is 17.5 Å². The molecule has 384 valence electrons. The summed E-state index contributed by atoms with van der Waals surface area (Å²) in [5, 5.41) is 24.8. The van der Waals surface area contributed by atoms with Crippen LogP contribution in [0.4, 0.5) is 35.1 Å². The highest BCUT2D eigenvalue weighted by Gasteiger charge is 2.28. The van der Waals surface area contributed by atoms with Gasteiger partial charge >= 0.3 is 0 Å². The summed E-state index contributed by atoms with van der Waals surface area (Å²) in [6.07, 6.45) is 0. The van der Waals surface area contributed by atoms with Crippen LogP contribution in [0.2, 0.25) is 20.2 Å². The van der Waals surface area contributed by atoms with Crippen LogP contribution in [0, 0.1) is 67.3 Å². The molecule has 0 spiro atoms. The lowest BCUT2D eigenvalue weighted by Crippen LogP contribution is -2.03. The number of rotatable bonds is 9. The maximum absolute atomic E-state index is 14.7. The maximum atomic E-state index is 14.7. The summed E-state index contributed by atoms with van der Waals surface area (Å²) < 4.78 is 129. The number of halogens is 12. The van der Waals surface area contributed by atoms with Crippen LogP contribution in [0.3, 0.4) is 0 Å². The predicted octanol–water partition coefficient (Wildman–Crippen LogP) is 16.1. The predicted molar refractivity (Wildman–Crippen MR) is 272 cm³/mol. The second-order valence-corrected chi connectivity index (χ2v) is 17.6. The lowest BCUT2D eigenvalue weighted by Gasteiger charge is -2.17. The van der Waals surface area contributed by atoms with Crippen LogP contribution < -0.4 is 14.2 Å².